The molecule has 0 saturated carbocycles. The summed E-state index contributed by atoms with van der Waals surface area (Å²) in [6.45, 7) is 0. The van der Waals surface area contributed by atoms with Crippen LogP contribution in [0.25, 0.3) is 16.6 Å². The molecule has 0 bridgehead atoms. The zero-order valence-corrected chi connectivity index (χ0v) is 7.81. The molecule has 3 aromatic heterocycles. The van der Waals surface area contributed by atoms with E-state index in [2.05, 4.69) is 15.5 Å². The molecule has 0 unspecified atom stereocenters. The molecule has 0 radical (unpaired) electrons. The zero-order chi connectivity index (χ0) is 9.71. The Morgan fingerprint density at radius 3 is 3.07 bits per heavy atom. The van der Waals surface area contributed by atoms with Crippen molar-refractivity contribution in [1.29, 1.82) is 0 Å². The Kier molecular flexibility index (Phi) is 1.21. The normalized spacial score (nSPS) is 11.5. The molecule has 0 saturated heterocycles. The molecule has 3 rings (SSSR count). The standard InChI is InChI=1S/C10H10N4/c1-13-9-7(12-10(13)11)6-14-5-3-2-4-8(9)14/h2-6H,1H3,(H2,11,12). The van der Waals surface area contributed by atoms with Gasteiger partial charge in [-0.05, 0) is 12.1 Å². The lowest BCUT2D eigenvalue weighted by molar-refractivity contribution is 0.964. The first-order valence-corrected chi connectivity index (χ1v) is 4.45. The summed E-state index contributed by atoms with van der Waals surface area (Å²) >= 11 is 0. The number of nitrogens with zero attached hydrogens (tertiary/aromatic N) is 3. The van der Waals surface area contributed by atoms with E-state index in [-0.39, 0.29) is 0 Å². The number of anilines is 1. The highest BCUT2D eigenvalue weighted by atomic mass is 15.2. The van der Waals surface area contributed by atoms with Crippen molar-refractivity contribution < 1.29 is 0 Å². The molecule has 0 amide bonds. The van der Waals surface area contributed by atoms with E-state index < -0.39 is 0 Å². The number of rotatable bonds is 0. The molecule has 2 N–H and O–H groups in total. The molecule has 0 atom stereocenters. The number of hydrogen-bond donors (Lipinski definition) is 1. The second-order valence-electron chi connectivity index (χ2n) is 3.39. The Morgan fingerprint density at radius 1 is 1.36 bits per heavy atom. The van der Waals surface area contributed by atoms with Crippen molar-refractivity contribution in [2.45, 2.75) is 0 Å². The number of nitrogen functional groups attached to an aromatic ring is 1. The minimum absolute atomic E-state index is 0.557. The van der Waals surface area contributed by atoms with Gasteiger partial charge in [0.15, 0.2) is 0 Å². The molecule has 0 aromatic carbocycles. The molecule has 14 heavy (non-hydrogen) atoms. The summed E-state index contributed by atoms with van der Waals surface area (Å²) in [6, 6.07) is 6.07. The third-order valence-corrected chi connectivity index (χ3v) is 2.55. The highest BCUT2D eigenvalue weighted by molar-refractivity contribution is 5.93. The van der Waals surface area contributed by atoms with Crippen molar-refractivity contribution in [3.05, 3.63) is 30.6 Å². The summed E-state index contributed by atoms with van der Waals surface area (Å²) in [5.74, 6) is 0.557. The number of hydrogen-bond acceptors (Lipinski definition) is 2. The monoisotopic (exact) mass is 186 g/mol. The summed E-state index contributed by atoms with van der Waals surface area (Å²) < 4.78 is 3.96. The third-order valence-electron chi connectivity index (χ3n) is 2.55. The first-order valence-electron chi connectivity index (χ1n) is 4.45. The van der Waals surface area contributed by atoms with Crippen LogP contribution in [0.3, 0.4) is 0 Å². The van der Waals surface area contributed by atoms with E-state index in [0.717, 1.165) is 16.6 Å². The van der Waals surface area contributed by atoms with E-state index >= 15 is 0 Å². The fraction of sp³-hybridized carbons (Fsp3) is 0.100. The molecule has 0 spiro atoms. The first kappa shape index (κ1) is 7.44. The van der Waals surface area contributed by atoms with Gasteiger partial charge < -0.3 is 14.7 Å². The number of fused-ring (bicyclic) bond motifs is 3. The number of imidazole rings is 1. The summed E-state index contributed by atoms with van der Waals surface area (Å²) in [6.07, 6.45) is 3.99. The molecule has 0 aliphatic rings. The van der Waals surface area contributed by atoms with Crippen LogP contribution in [-0.2, 0) is 7.05 Å². The Hall–Kier alpha value is -1.97. The average Bonchev–Trinajstić information content (AvgIpc) is 2.65. The highest BCUT2D eigenvalue weighted by Crippen LogP contribution is 2.22. The highest BCUT2D eigenvalue weighted by Gasteiger charge is 2.09. The van der Waals surface area contributed by atoms with Gasteiger partial charge in [-0.3, -0.25) is 0 Å². The molecule has 0 fully saturated rings. The molecule has 3 aromatic rings. The maximum Gasteiger partial charge on any atom is 0.201 e. The molecular formula is C10H10N4. The van der Waals surface area contributed by atoms with Crippen LogP contribution in [0, 0.1) is 0 Å². The van der Waals surface area contributed by atoms with Crippen molar-refractivity contribution in [2.24, 2.45) is 7.05 Å². The van der Waals surface area contributed by atoms with Gasteiger partial charge in [0.1, 0.15) is 5.52 Å². The van der Waals surface area contributed by atoms with Gasteiger partial charge in [0.25, 0.3) is 0 Å². The van der Waals surface area contributed by atoms with E-state index in [1.807, 2.05) is 36.1 Å². The number of nitrogens with two attached hydrogens (primary N) is 1. The van der Waals surface area contributed by atoms with Crippen LogP contribution in [-0.4, -0.2) is 14.0 Å². The van der Waals surface area contributed by atoms with Crippen LogP contribution >= 0.6 is 0 Å². The minimum Gasteiger partial charge on any atom is -0.369 e. The maximum atomic E-state index is 5.73. The SMILES string of the molecule is Cn1c(N)nc2cn3ccccc3c21. The van der Waals surface area contributed by atoms with Gasteiger partial charge in [-0.15, -0.1) is 0 Å². The van der Waals surface area contributed by atoms with Crippen LogP contribution < -0.4 is 5.73 Å². The largest absolute Gasteiger partial charge is 0.369 e. The first-order chi connectivity index (χ1) is 6.77. The van der Waals surface area contributed by atoms with Crippen LogP contribution in [0.2, 0.25) is 0 Å². The lowest BCUT2D eigenvalue weighted by Gasteiger charge is -1.97. The van der Waals surface area contributed by atoms with Crippen LogP contribution in [0.1, 0.15) is 0 Å². The Balaban J connectivity index is 2.62. The fourth-order valence-electron chi connectivity index (χ4n) is 1.83. The lowest BCUT2D eigenvalue weighted by atomic mass is 10.4. The van der Waals surface area contributed by atoms with Gasteiger partial charge in [0.05, 0.1) is 11.0 Å². The van der Waals surface area contributed by atoms with Gasteiger partial charge in [0, 0.05) is 19.4 Å². The number of aryl methyl sites for hydroxylation is 1. The van der Waals surface area contributed by atoms with Crippen molar-refractivity contribution in [2.75, 3.05) is 5.73 Å². The van der Waals surface area contributed by atoms with Crippen LogP contribution in [0.5, 0.6) is 0 Å². The van der Waals surface area contributed by atoms with Crippen molar-refractivity contribution in [3.8, 4) is 0 Å². The lowest BCUT2D eigenvalue weighted by Crippen LogP contribution is -1.97. The molecule has 4 nitrogen and oxygen atoms in total. The summed E-state index contributed by atoms with van der Waals surface area (Å²) in [5.41, 5.74) is 8.89. The van der Waals surface area contributed by atoms with Crippen molar-refractivity contribution >= 4 is 22.5 Å². The summed E-state index contributed by atoms with van der Waals surface area (Å²) in [7, 11) is 1.93. The van der Waals surface area contributed by atoms with Crippen LogP contribution in [0.15, 0.2) is 30.6 Å². The third kappa shape index (κ3) is 0.750. The smallest absolute Gasteiger partial charge is 0.201 e. The number of aromatic nitrogens is 3. The average molecular weight is 186 g/mol. The van der Waals surface area contributed by atoms with Crippen LogP contribution in [0.4, 0.5) is 5.95 Å². The molecule has 70 valence electrons. The van der Waals surface area contributed by atoms with Gasteiger partial charge in [-0.25, -0.2) is 4.98 Å². The molecular weight excluding hydrogens is 176 g/mol. The fourth-order valence-corrected chi connectivity index (χ4v) is 1.83. The predicted octanol–water partition coefficient (Wildman–Crippen LogP) is 1.41. The predicted molar refractivity (Wildman–Crippen MR) is 56.1 cm³/mol. The van der Waals surface area contributed by atoms with E-state index in [1.165, 1.54) is 0 Å². The van der Waals surface area contributed by atoms with Gasteiger partial charge in [0.2, 0.25) is 5.95 Å². The molecule has 0 aliphatic heterocycles. The van der Waals surface area contributed by atoms with E-state index in [0.29, 0.717) is 5.95 Å². The summed E-state index contributed by atoms with van der Waals surface area (Å²) in [4.78, 5) is 4.27. The molecule has 4 heteroatoms. The Bertz CT molecular complexity index is 617. The van der Waals surface area contributed by atoms with Crippen molar-refractivity contribution in [3.63, 3.8) is 0 Å². The zero-order valence-electron chi connectivity index (χ0n) is 7.81. The van der Waals surface area contributed by atoms with E-state index in [4.69, 9.17) is 5.73 Å². The van der Waals surface area contributed by atoms with Gasteiger partial charge in [-0.2, -0.15) is 0 Å². The molecule has 3 heterocycles. The van der Waals surface area contributed by atoms with E-state index in [1.54, 1.807) is 0 Å². The Morgan fingerprint density at radius 2 is 2.21 bits per heavy atom. The second kappa shape index (κ2) is 2.29. The maximum absolute atomic E-state index is 5.73. The van der Waals surface area contributed by atoms with Gasteiger partial charge >= 0.3 is 0 Å². The Labute approximate surface area is 80.6 Å². The minimum atomic E-state index is 0.557. The second-order valence-corrected chi connectivity index (χ2v) is 3.39. The number of pyridine rings is 1. The molecule has 0 aliphatic carbocycles. The summed E-state index contributed by atoms with van der Waals surface area (Å²) in [5, 5.41) is 0. The topological polar surface area (TPSA) is 48.2 Å². The van der Waals surface area contributed by atoms with Crippen molar-refractivity contribution in [1.82, 2.24) is 14.0 Å². The van der Waals surface area contributed by atoms with Gasteiger partial charge in [-0.1, -0.05) is 6.07 Å². The van der Waals surface area contributed by atoms with E-state index in [9.17, 15) is 0 Å². The quantitative estimate of drug-likeness (QED) is 0.577.